The molecule has 14 heteroatoms. The number of alkyl halides is 6. The molecule has 1 atom stereocenters. The summed E-state index contributed by atoms with van der Waals surface area (Å²) in [5.41, 5.74) is -12.1. The lowest BCUT2D eigenvalue weighted by Gasteiger charge is -2.25. The van der Waals surface area contributed by atoms with Crippen LogP contribution in [0, 0.1) is 4.78 Å². The van der Waals surface area contributed by atoms with Crippen LogP contribution in [0.15, 0.2) is 0 Å². The molecule has 0 bridgehead atoms. The van der Waals surface area contributed by atoms with Gasteiger partial charge >= 0.3 is 11.0 Å². The zero-order valence-electron chi connectivity index (χ0n) is 7.26. The largest absolute Gasteiger partial charge is 0.480 e. The van der Waals surface area contributed by atoms with E-state index in [0.29, 0.717) is 0 Å². The summed E-state index contributed by atoms with van der Waals surface area (Å²) in [6, 6.07) is 0. The summed E-state index contributed by atoms with van der Waals surface area (Å²) < 4.78 is 106. The van der Waals surface area contributed by atoms with E-state index in [1.807, 2.05) is 0 Å². The molecule has 6 nitrogen and oxygen atoms in total. The summed E-state index contributed by atoms with van der Waals surface area (Å²) in [5, 5.41) is 0. The fourth-order valence-electron chi connectivity index (χ4n) is 0.223. The molecule has 0 heterocycles. The van der Waals surface area contributed by atoms with E-state index in [2.05, 4.69) is 0 Å². The lowest BCUT2D eigenvalue weighted by Crippen LogP contribution is -2.29. The van der Waals surface area contributed by atoms with Crippen LogP contribution >= 0.6 is 0 Å². The van der Waals surface area contributed by atoms with Crippen molar-refractivity contribution in [2.75, 3.05) is 0 Å². The summed E-state index contributed by atoms with van der Waals surface area (Å²) in [7, 11) is -12.8. The number of nitrogens with zero attached hydrogens (tertiary/aromatic N) is 1. The number of nitrogens with one attached hydrogen (secondary N) is 1. The third-order valence-corrected chi connectivity index (χ3v) is 3.65. The summed E-state index contributed by atoms with van der Waals surface area (Å²) in [4.78, 5) is 0. The van der Waals surface area contributed by atoms with E-state index in [0.717, 1.165) is 4.13 Å². The van der Waals surface area contributed by atoms with E-state index < -0.39 is 31.0 Å². The van der Waals surface area contributed by atoms with Crippen molar-refractivity contribution in [2.45, 2.75) is 11.0 Å². The molecule has 0 spiro atoms. The zero-order chi connectivity index (χ0) is 12.7. The van der Waals surface area contributed by atoms with Crippen LogP contribution in [0.3, 0.4) is 0 Å². The van der Waals surface area contributed by atoms with Gasteiger partial charge in [0.25, 0.3) is 0 Å². The Balaban J connectivity index is 0. The Bertz CT molecular complexity index is 389. The fraction of sp³-hybridized carbons (Fsp3) is 1.00. The normalized spacial score (nSPS) is 17.4. The van der Waals surface area contributed by atoms with Gasteiger partial charge in [0, 0.05) is 0 Å². The van der Waals surface area contributed by atoms with Gasteiger partial charge < -0.3 is 10.3 Å². The van der Waals surface area contributed by atoms with E-state index in [1.165, 1.54) is 0 Å². The Labute approximate surface area is 85.7 Å². The van der Waals surface area contributed by atoms with Crippen molar-refractivity contribution in [1.29, 1.82) is 4.78 Å². The molecule has 0 amide bonds. The van der Waals surface area contributed by atoms with Crippen molar-refractivity contribution in [3.63, 3.8) is 0 Å². The Hall–Kier alpha value is -0.600. The van der Waals surface area contributed by atoms with Crippen LogP contribution in [0.5, 0.6) is 0 Å². The quantitative estimate of drug-likeness (QED) is 0.757. The third kappa shape index (κ3) is 3.76. The first-order valence-corrected chi connectivity index (χ1v) is 5.57. The molecule has 0 aromatic heterocycles. The minimum Gasteiger partial charge on any atom is -0.439 e. The average molecular weight is 297 g/mol. The molecule has 0 saturated heterocycles. The topological polar surface area (TPSA) is 126 Å². The van der Waals surface area contributed by atoms with Crippen LogP contribution in [-0.2, 0) is 19.9 Å². The highest BCUT2D eigenvalue weighted by Crippen LogP contribution is 2.36. The molecule has 0 aromatic rings. The number of rotatable bonds is 2. The first-order chi connectivity index (χ1) is 6.21. The van der Waals surface area contributed by atoms with Gasteiger partial charge in [-0.3, -0.25) is 8.99 Å². The van der Waals surface area contributed by atoms with E-state index in [4.69, 9.17) is 4.78 Å². The smallest absolute Gasteiger partial charge is 0.439 e. The monoisotopic (exact) mass is 297 g/mol. The SMILES string of the molecule is N=S(=O)([N-]S(=O)(=O)C(F)(F)F)C(F)(F)F.[NH4+]. The number of halogens is 6. The molecule has 16 heavy (non-hydrogen) atoms. The Kier molecular flexibility index (Phi) is 4.83. The third-order valence-electron chi connectivity index (χ3n) is 0.809. The Morgan fingerprint density at radius 2 is 1.19 bits per heavy atom. The van der Waals surface area contributed by atoms with Gasteiger partial charge in [0.1, 0.15) is 0 Å². The molecular weight excluding hydrogens is 292 g/mol. The lowest BCUT2D eigenvalue weighted by molar-refractivity contribution is -0.0433. The van der Waals surface area contributed by atoms with Crippen LogP contribution in [0.25, 0.3) is 4.13 Å². The van der Waals surface area contributed by atoms with Gasteiger partial charge in [0.05, 0.1) is 9.92 Å². The molecule has 0 saturated carbocycles. The van der Waals surface area contributed by atoms with Gasteiger partial charge in [-0.05, 0) is 0 Å². The van der Waals surface area contributed by atoms with Gasteiger partial charge in [-0.1, -0.05) is 0 Å². The molecule has 1 unspecified atom stereocenters. The molecule has 0 aliphatic rings. The van der Waals surface area contributed by atoms with Crippen LogP contribution in [0.1, 0.15) is 0 Å². The Morgan fingerprint density at radius 1 is 0.875 bits per heavy atom. The highest BCUT2D eigenvalue weighted by atomic mass is 32.3. The van der Waals surface area contributed by atoms with Crippen LogP contribution in [0.4, 0.5) is 26.3 Å². The Morgan fingerprint density at radius 3 is 1.38 bits per heavy atom. The highest BCUT2D eigenvalue weighted by Gasteiger charge is 2.44. The number of hydrogen-bond acceptors (Lipinski definition) is 4. The van der Waals surface area contributed by atoms with Crippen LogP contribution < -0.4 is 6.15 Å². The summed E-state index contributed by atoms with van der Waals surface area (Å²) in [6.45, 7) is 0. The number of quaternary nitrogens is 1. The maximum absolute atomic E-state index is 11.6. The van der Waals surface area contributed by atoms with Crippen LogP contribution in [0.2, 0.25) is 0 Å². The van der Waals surface area contributed by atoms with Crippen molar-refractivity contribution < 1.29 is 39.0 Å². The molecule has 5 N–H and O–H groups in total. The number of hydrogen-bond donors (Lipinski definition) is 2. The first-order valence-electron chi connectivity index (χ1n) is 2.61. The fourth-order valence-corrected chi connectivity index (χ4v) is 2.00. The minimum atomic E-state index is -6.60. The van der Waals surface area contributed by atoms with Crippen molar-refractivity contribution in [3.8, 4) is 0 Å². The van der Waals surface area contributed by atoms with Gasteiger partial charge in [0.2, 0.25) is 0 Å². The van der Waals surface area contributed by atoms with Crippen molar-refractivity contribution in [1.82, 2.24) is 6.15 Å². The molecular formula is C2H5F6N3O3S2. The predicted molar refractivity (Wildman–Crippen MR) is 41.2 cm³/mol. The molecule has 0 aromatic carbocycles. The van der Waals surface area contributed by atoms with Crippen molar-refractivity contribution in [2.24, 2.45) is 0 Å². The summed E-state index contributed by atoms with van der Waals surface area (Å²) in [6.07, 6.45) is 0. The minimum absolute atomic E-state index is 0. The molecule has 0 fully saturated rings. The summed E-state index contributed by atoms with van der Waals surface area (Å²) in [5.74, 6) is 0. The first kappa shape index (κ1) is 17.8. The van der Waals surface area contributed by atoms with Crippen molar-refractivity contribution in [3.05, 3.63) is 4.13 Å². The second-order valence-corrected chi connectivity index (χ2v) is 5.49. The maximum atomic E-state index is 11.6. The molecule has 0 aliphatic heterocycles. The van der Waals surface area contributed by atoms with E-state index in [9.17, 15) is 39.0 Å². The van der Waals surface area contributed by atoms with Gasteiger partial charge in [-0.2, -0.15) is 26.3 Å². The molecule has 0 radical (unpaired) electrons. The highest BCUT2D eigenvalue weighted by molar-refractivity contribution is 8.13. The number of sulfonamides is 1. The second-order valence-electron chi connectivity index (χ2n) is 1.97. The maximum Gasteiger partial charge on any atom is 0.480 e. The molecule has 100 valence electrons. The molecule has 0 rings (SSSR count). The second kappa shape index (κ2) is 4.34. The van der Waals surface area contributed by atoms with Gasteiger partial charge in [-0.25, -0.2) is 8.42 Å². The van der Waals surface area contributed by atoms with E-state index in [-0.39, 0.29) is 6.15 Å². The van der Waals surface area contributed by atoms with E-state index >= 15 is 0 Å². The van der Waals surface area contributed by atoms with Gasteiger partial charge in [-0.15, -0.1) is 0 Å². The molecule has 0 aliphatic carbocycles. The standard InChI is InChI=1S/C2HF6N2O3S2.H3N/c3-1(4,5)14(9,11)10-15(12,13)2(6,7)8;/h(H-,9,10,11);1H3/q-1;/p+1. The van der Waals surface area contributed by atoms with Gasteiger partial charge in [0.15, 0.2) is 10.0 Å². The van der Waals surface area contributed by atoms with Crippen LogP contribution in [-0.4, -0.2) is 23.6 Å². The van der Waals surface area contributed by atoms with E-state index in [1.54, 1.807) is 0 Å². The van der Waals surface area contributed by atoms with Crippen molar-refractivity contribution >= 4 is 19.9 Å². The zero-order valence-corrected chi connectivity index (χ0v) is 8.89. The average Bonchev–Trinajstić information content (AvgIpc) is 1.77. The summed E-state index contributed by atoms with van der Waals surface area (Å²) >= 11 is 0. The predicted octanol–water partition coefficient (Wildman–Crippen LogP) is 2.07. The lowest BCUT2D eigenvalue weighted by atomic mass is 11.6.